The Bertz CT molecular complexity index is 569. The van der Waals surface area contributed by atoms with Crippen molar-refractivity contribution < 1.29 is 4.79 Å². The molecule has 4 heteroatoms. The third-order valence-electron chi connectivity index (χ3n) is 2.66. The highest BCUT2D eigenvalue weighted by Gasteiger charge is 2.06. The van der Waals surface area contributed by atoms with Gasteiger partial charge in [0.15, 0.2) is 0 Å². The van der Waals surface area contributed by atoms with E-state index in [1.165, 1.54) is 0 Å². The minimum atomic E-state index is -0.0512. The topological polar surface area (TPSA) is 42.0 Å². The quantitative estimate of drug-likeness (QED) is 0.864. The molecule has 0 aliphatic rings. The molecular formula is C14H13IN2O. The first-order valence-electron chi connectivity index (χ1n) is 5.60. The van der Waals surface area contributed by atoms with Crippen molar-refractivity contribution >= 4 is 28.5 Å². The van der Waals surface area contributed by atoms with Crippen LogP contribution < -0.4 is 5.32 Å². The van der Waals surface area contributed by atoms with Crippen LogP contribution >= 0.6 is 22.6 Å². The van der Waals surface area contributed by atoms with Gasteiger partial charge in [-0.15, -0.1) is 0 Å². The van der Waals surface area contributed by atoms with Gasteiger partial charge in [-0.25, -0.2) is 0 Å². The zero-order chi connectivity index (χ0) is 13.0. The van der Waals surface area contributed by atoms with Crippen molar-refractivity contribution in [2.24, 2.45) is 0 Å². The number of aryl methyl sites for hydroxylation is 1. The van der Waals surface area contributed by atoms with Crippen LogP contribution in [-0.2, 0) is 6.54 Å². The van der Waals surface area contributed by atoms with Gasteiger partial charge in [0.2, 0.25) is 0 Å². The lowest BCUT2D eigenvalue weighted by Gasteiger charge is -2.07. The lowest BCUT2D eigenvalue weighted by atomic mass is 10.1. The first kappa shape index (κ1) is 13.0. The van der Waals surface area contributed by atoms with Crippen LogP contribution in [0.4, 0.5) is 0 Å². The van der Waals surface area contributed by atoms with E-state index in [4.69, 9.17) is 0 Å². The summed E-state index contributed by atoms with van der Waals surface area (Å²) in [5, 5.41) is 2.91. The molecule has 0 bridgehead atoms. The molecule has 0 radical (unpaired) electrons. The SMILES string of the molecule is Cc1cnccc1CNC(=O)c1cccc(I)c1. The summed E-state index contributed by atoms with van der Waals surface area (Å²) in [6.45, 7) is 2.51. The molecule has 1 N–H and O–H groups in total. The highest BCUT2D eigenvalue weighted by Crippen LogP contribution is 2.09. The van der Waals surface area contributed by atoms with Crippen molar-refractivity contribution in [1.29, 1.82) is 0 Å². The van der Waals surface area contributed by atoms with Crippen molar-refractivity contribution in [3.05, 3.63) is 63.0 Å². The van der Waals surface area contributed by atoms with E-state index in [1.807, 2.05) is 37.3 Å². The Morgan fingerprint density at radius 2 is 2.22 bits per heavy atom. The first-order chi connectivity index (χ1) is 8.66. The number of hydrogen-bond acceptors (Lipinski definition) is 2. The Kier molecular flexibility index (Phi) is 4.30. The minimum Gasteiger partial charge on any atom is -0.348 e. The van der Waals surface area contributed by atoms with Crippen LogP contribution in [0.3, 0.4) is 0 Å². The van der Waals surface area contributed by atoms with E-state index >= 15 is 0 Å². The summed E-state index contributed by atoms with van der Waals surface area (Å²) in [7, 11) is 0. The van der Waals surface area contributed by atoms with Crippen LogP contribution in [0.25, 0.3) is 0 Å². The van der Waals surface area contributed by atoms with Gasteiger partial charge in [-0.2, -0.15) is 0 Å². The van der Waals surface area contributed by atoms with Crippen molar-refractivity contribution in [3.63, 3.8) is 0 Å². The molecule has 0 saturated heterocycles. The van der Waals surface area contributed by atoms with Gasteiger partial charge in [-0.3, -0.25) is 9.78 Å². The third kappa shape index (κ3) is 3.29. The molecule has 0 fully saturated rings. The average molecular weight is 352 g/mol. The number of amides is 1. The maximum atomic E-state index is 12.0. The molecule has 0 unspecified atom stereocenters. The van der Waals surface area contributed by atoms with Gasteiger partial charge in [-0.05, 0) is 64.9 Å². The lowest BCUT2D eigenvalue weighted by Crippen LogP contribution is -2.23. The summed E-state index contributed by atoms with van der Waals surface area (Å²) in [5.41, 5.74) is 2.86. The highest BCUT2D eigenvalue weighted by atomic mass is 127. The minimum absolute atomic E-state index is 0.0512. The molecule has 1 aromatic heterocycles. The number of pyridine rings is 1. The summed E-state index contributed by atoms with van der Waals surface area (Å²) in [4.78, 5) is 16.0. The van der Waals surface area contributed by atoms with E-state index in [2.05, 4.69) is 32.9 Å². The second kappa shape index (κ2) is 5.95. The van der Waals surface area contributed by atoms with Gasteiger partial charge < -0.3 is 5.32 Å². The fourth-order valence-corrected chi connectivity index (χ4v) is 2.15. The van der Waals surface area contributed by atoms with E-state index in [-0.39, 0.29) is 5.91 Å². The Morgan fingerprint density at radius 3 is 2.94 bits per heavy atom. The predicted octanol–water partition coefficient (Wildman–Crippen LogP) is 2.92. The van der Waals surface area contributed by atoms with Crippen LogP contribution in [0.5, 0.6) is 0 Å². The maximum Gasteiger partial charge on any atom is 0.251 e. The van der Waals surface area contributed by atoms with E-state index in [9.17, 15) is 4.79 Å². The number of benzene rings is 1. The highest BCUT2D eigenvalue weighted by molar-refractivity contribution is 14.1. The van der Waals surface area contributed by atoms with E-state index in [0.29, 0.717) is 12.1 Å². The summed E-state index contributed by atoms with van der Waals surface area (Å²) in [6, 6.07) is 9.45. The molecule has 92 valence electrons. The van der Waals surface area contributed by atoms with Gasteiger partial charge in [0.05, 0.1) is 0 Å². The zero-order valence-electron chi connectivity index (χ0n) is 9.98. The number of halogens is 1. The second-order valence-corrected chi connectivity index (χ2v) is 5.24. The van der Waals surface area contributed by atoms with Gasteiger partial charge in [0.25, 0.3) is 5.91 Å². The predicted molar refractivity (Wildman–Crippen MR) is 79.3 cm³/mol. The molecular weight excluding hydrogens is 339 g/mol. The smallest absolute Gasteiger partial charge is 0.251 e. The van der Waals surface area contributed by atoms with Gasteiger partial charge in [0, 0.05) is 28.1 Å². The number of nitrogens with one attached hydrogen (secondary N) is 1. The number of hydrogen-bond donors (Lipinski definition) is 1. The molecule has 0 aliphatic heterocycles. The van der Waals surface area contributed by atoms with E-state index < -0.39 is 0 Å². The van der Waals surface area contributed by atoms with Gasteiger partial charge >= 0.3 is 0 Å². The molecule has 0 spiro atoms. The second-order valence-electron chi connectivity index (χ2n) is 4.00. The Hall–Kier alpha value is -1.43. The van der Waals surface area contributed by atoms with Crippen LogP contribution in [0.15, 0.2) is 42.7 Å². The molecule has 18 heavy (non-hydrogen) atoms. The van der Waals surface area contributed by atoms with Gasteiger partial charge in [0.1, 0.15) is 0 Å². The fraction of sp³-hybridized carbons (Fsp3) is 0.143. The Balaban J connectivity index is 2.03. The number of rotatable bonds is 3. The maximum absolute atomic E-state index is 12.0. The zero-order valence-corrected chi connectivity index (χ0v) is 12.1. The van der Waals surface area contributed by atoms with E-state index in [1.54, 1.807) is 12.4 Å². The molecule has 1 aromatic carbocycles. The molecule has 0 saturated carbocycles. The molecule has 1 amide bonds. The van der Waals surface area contributed by atoms with Crippen LogP contribution in [0, 0.1) is 10.5 Å². The van der Waals surface area contributed by atoms with Crippen molar-refractivity contribution in [2.75, 3.05) is 0 Å². The monoisotopic (exact) mass is 352 g/mol. The summed E-state index contributed by atoms with van der Waals surface area (Å²) < 4.78 is 1.06. The summed E-state index contributed by atoms with van der Waals surface area (Å²) in [5.74, 6) is -0.0512. The van der Waals surface area contributed by atoms with Crippen molar-refractivity contribution in [1.82, 2.24) is 10.3 Å². The first-order valence-corrected chi connectivity index (χ1v) is 6.68. The van der Waals surface area contributed by atoms with Crippen LogP contribution in [-0.4, -0.2) is 10.9 Å². The normalized spacial score (nSPS) is 10.1. The molecule has 2 rings (SSSR count). The van der Waals surface area contributed by atoms with Crippen molar-refractivity contribution in [2.45, 2.75) is 13.5 Å². The van der Waals surface area contributed by atoms with Crippen LogP contribution in [0.2, 0.25) is 0 Å². The average Bonchev–Trinajstić information content (AvgIpc) is 2.37. The summed E-state index contributed by atoms with van der Waals surface area (Å²) >= 11 is 2.20. The Morgan fingerprint density at radius 1 is 1.39 bits per heavy atom. The third-order valence-corrected chi connectivity index (χ3v) is 3.33. The molecule has 0 atom stereocenters. The molecule has 1 heterocycles. The standard InChI is InChI=1S/C14H13IN2O/c1-10-8-16-6-5-12(10)9-17-14(18)11-3-2-4-13(15)7-11/h2-8H,9H2,1H3,(H,17,18). The summed E-state index contributed by atoms with van der Waals surface area (Å²) in [6.07, 6.45) is 3.53. The van der Waals surface area contributed by atoms with E-state index in [0.717, 1.165) is 14.7 Å². The van der Waals surface area contributed by atoms with Crippen molar-refractivity contribution in [3.8, 4) is 0 Å². The Labute approximate surface area is 120 Å². The molecule has 0 aliphatic carbocycles. The molecule has 2 aromatic rings. The number of aromatic nitrogens is 1. The molecule has 3 nitrogen and oxygen atoms in total. The van der Waals surface area contributed by atoms with Crippen LogP contribution in [0.1, 0.15) is 21.5 Å². The number of carbonyl (C=O) groups is 1. The number of nitrogens with zero attached hydrogens (tertiary/aromatic N) is 1. The largest absolute Gasteiger partial charge is 0.348 e. The van der Waals surface area contributed by atoms with Gasteiger partial charge in [-0.1, -0.05) is 6.07 Å². The lowest BCUT2D eigenvalue weighted by molar-refractivity contribution is 0.0951. The fourth-order valence-electron chi connectivity index (χ4n) is 1.61. The number of carbonyl (C=O) groups excluding carboxylic acids is 1.